The minimum Gasteiger partial charge on any atom is -0.353 e. The molecule has 0 aliphatic rings. The number of nitrogens with zero attached hydrogens (tertiary/aromatic N) is 6. The van der Waals surface area contributed by atoms with Crippen molar-refractivity contribution in [1.29, 1.82) is 0 Å². The van der Waals surface area contributed by atoms with Gasteiger partial charge in [0.25, 0.3) is 0 Å². The summed E-state index contributed by atoms with van der Waals surface area (Å²) in [6, 6.07) is 4.79. The van der Waals surface area contributed by atoms with E-state index in [0.717, 1.165) is 16.8 Å². The molecule has 9 nitrogen and oxygen atoms in total. The predicted octanol–water partition coefficient (Wildman–Crippen LogP) is 4.56. The molecule has 0 bridgehead atoms. The van der Waals surface area contributed by atoms with E-state index in [2.05, 4.69) is 30.5 Å². The van der Waals surface area contributed by atoms with Crippen molar-refractivity contribution in [3.63, 3.8) is 0 Å². The zero-order valence-corrected chi connectivity index (χ0v) is 19.8. The number of hydrogen-bond acceptors (Lipinski definition) is 8. The zero-order chi connectivity index (χ0) is 24.5. The van der Waals surface area contributed by atoms with Crippen molar-refractivity contribution >= 4 is 17.4 Å². The molecule has 0 amide bonds. The van der Waals surface area contributed by atoms with E-state index in [1.54, 1.807) is 36.3 Å². The molecule has 0 radical (unpaired) electrons. The van der Waals surface area contributed by atoms with E-state index < -0.39 is 5.82 Å². The highest BCUT2D eigenvalue weighted by atomic mass is 19.1. The summed E-state index contributed by atoms with van der Waals surface area (Å²) in [7, 11) is 1.80. The molecule has 4 rings (SSSR count). The van der Waals surface area contributed by atoms with Gasteiger partial charge in [0.15, 0.2) is 5.82 Å². The van der Waals surface area contributed by atoms with Crippen LogP contribution in [0.25, 0.3) is 11.4 Å². The van der Waals surface area contributed by atoms with Gasteiger partial charge in [0, 0.05) is 31.1 Å². The van der Waals surface area contributed by atoms with E-state index in [-0.39, 0.29) is 40.7 Å². The van der Waals surface area contributed by atoms with Gasteiger partial charge in [-0.25, -0.2) is 14.4 Å². The number of nitrogens with one attached hydrogen (secondary N) is 1. The Balaban J connectivity index is 1.48. The molecule has 0 saturated carbocycles. The highest BCUT2D eigenvalue weighted by Crippen LogP contribution is 2.26. The Labute approximate surface area is 196 Å². The lowest BCUT2D eigenvalue weighted by Crippen LogP contribution is -2.11. The first kappa shape index (κ1) is 23.2. The molecule has 0 spiro atoms. The van der Waals surface area contributed by atoms with Crippen LogP contribution in [0.1, 0.15) is 54.6 Å². The summed E-state index contributed by atoms with van der Waals surface area (Å²) in [5.74, 6) is 0.0719. The summed E-state index contributed by atoms with van der Waals surface area (Å²) in [5.41, 5.74) is 3.04. The van der Waals surface area contributed by atoms with E-state index in [4.69, 9.17) is 4.52 Å². The maximum Gasteiger partial charge on any atom is 0.230 e. The van der Waals surface area contributed by atoms with Crippen LogP contribution in [0.5, 0.6) is 0 Å². The van der Waals surface area contributed by atoms with Crippen LogP contribution in [-0.2, 0) is 18.9 Å². The molecule has 0 aliphatic carbocycles. The number of rotatable bonds is 7. The number of benzene rings is 1. The quantitative estimate of drug-likeness (QED) is 0.397. The Bertz CT molecular complexity index is 1340. The van der Waals surface area contributed by atoms with Gasteiger partial charge in [-0.1, -0.05) is 25.9 Å². The second-order valence-electron chi connectivity index (χ2n) is 9.17. The van der Waals surface area contributed by atoms with Crippen LogP contribution in [0.4, 0.5) is 16.0 Å². The third-order valence-corrected chi connectivity index (χ3v) is 5.37. The van der Waals surface area contributed by atoms with Crippen LogP contribution in [0, 0.1) is 12.7 Å². The summed E-state index contributed by atoms with van der Waals surface area (Å²) >= 11 is 0. The largest absolute Gasteiger partial charge is 0.353 e. The SMILES string of the molecule is Cc1cc(-c2ncnc(Nc3cnn(C)c3)n2)c(F)cc1CCC(=O)c1cc(C(C)(C)C)no1. The van der Waals surface area contributed by atoms with E-state index in [1.807, 2.05) is 27.7 Å². The fourth-order valence-electron chi connectivity index (χ4n) is 3.40. The van der Waals surface area contributed by atoms with Crippen LogP contribution in [-0.4, -0.2) is 35.7 Å². The van der Waals surface area contributed by atoms with Crippen LogP contribution >= 0.6 is 0 Å². The van der Waals surface area contributed by atoms with Gasteiger partial charge in [0.1, 0.15) is 12.1 Å². The molecular weight excluding hydrogens is 437 g/mol. The Kier molecular flexibility index (Phi) is 6.23. The Morgan fingerprint density at radius 1 is 1.21 bits per heavy atom. The lowest BCUT2D eigenvalue weighted by molar-refractivity contribution is 0.0946. The first-order valence-electron chi connectivity index (χ1n) is 10.8. The molecule has 0 aliphatic heterocycles. The average Bonchev–Trinajstić information content (AvgIpc) is 3.43. The lowest BCUT2D eigenvalue weighted by Gasteiger charge is -2.12. The normalized spacial score (nSPS) is 11.6. The molecule has 1 aromatic carbocycles. The smallest absolute Gasteiger partial charge is 0.230 e. The van der Waals surface area contributed by atoms with E-state index in [0.29, 0.717) is 12.1 Å². The summed E-state index contributed by atoms with van der Waals surface area (Å²) in [5, 5.41) is 11.1. The second-order valence-corrected chi connectivity index (χ2v) is 9.17. The molecule has 0 saturated heterocycles. The molecule has 10 heteroatoms. The standard InChI is InChI=1S/C24H26FN7O2/c1-14-8-17(22-26-13-27-23(30-22)29-16-11-28-32(5)12-16)18(25)9-15(14)6-7-19(33)20-10-21(31-34-20)24(2,3)4/h8-13H,6-7H2,1-5H3,(H,26,27,29,30). The first-order valence-corrected chi connectivity index (χ1v) is 10.8. The van der Waals surface area contributed by atoms with Crippen molar-refractivity contribution in [3.05, 3.63) is 65.3 Å². The van der Waals surface area contributed by atoms with Crippen molar-refractivity contribution in [2.24, 2.45) is 7.05 Å². The third-order valence-electron chi connectivity index (χ3n) is 5.37. The fraction of sp³-hybridized carbons (Fsp3) is 0.333. The molecule has 0 fully saturated rings. The number of anilines is 2. The minimum absolute atomic E-state index is 0.171. The molecular formula is C24H26FN7O2. The Hall–Kier alpha value is -3.95. The van der Waals surface area contributed by atoms with E-state index in [1.165, 1.54) is 12.4 Å². The third kappa shape index (κ3) is 5.16. The molecule has 176 valence electrons. The molecule has 1 N–H and O–H groups in total. The van der Waals surface area contributed by atoms with Crippen LogP contribution < -0.4 is 5.32 Å². The molecule has 3 heterocycles. The topological polar surface area (TPSA) is 112 Å². The van der Waals surface area contributed by atoms with Crippen LogP contribution in [0.3, 0.4) is 0 Å². The molecule has 0 atom stereocenters. The monoisotopic (exact) mass is 463 g/mol. The lowest BCUT2D eigenvalue weighted by atomic mass is 9.92. The van der Waals surface area contributed by atoms with Crippen LogP contribution in [0.2, 0.25) is 0 Å². The number of ketones is 1. The number of carbonyl (C=O) groups is 1. The van der Waals surface area contributed by atoms with Crippen molar-refractivity contribution in [2.75, 3.05) is 5.32 Å². The Morgan fingerprint density at radius 2 is 2.00 bits per heavy atom. The second kappa shape index (κ2) is 9.12. The maximum atomic E-state index is 15.0. The average molecular weight is 464 g/mol. The van der Waals surface area contributed by atoms with Crippen molar-refractivity contribution < 1.29 is 13.7 Å². The summed E-state index contributed by atoms with van der Waals surface area (Å²) in [4.78, 5) is 25.1. The van der Waals surface area contributed by atoms with Crippen molar-refractivity contribution in [3.8, 4) is 11.4 Å². The van der Waals surface area contributed by atoms with E-state index in [9.17, 15) is 4.79 Å². The minimum atomic E-state index is -0.471. The summed E-state index contributed by atoms with van der Waals surface area (Å²) < 4.78 is 21.9. The number of aryl methyl sites for hydroxylation is 3. The maximum absolute atomic E-state index is 15.0. The van der Waals surface area contributed by atoms with Gasteiger partial charge in [0.2, 0.25) is 17.5 Å². The van der Waals surface area contributed by atoms with Gasteiger partial charge in [-0.3, -0.25) is 9.48 Å². The van der Waals surface area contributed by atoms with Gasteiger partial charge in [0.05, 0.1) is 23.1 Å². The van der Waals surface area contributed by atoms with Gasteiger partial charge in [-0.15, -0.1) is 0 Å². The number of aromatic nitrogens is 6. The number of hydrogen-bond donors (Lipinski definition) is 1. The van der Waals surface area contributed by atoms with E-state index >= 15 is 4.39 Å². The number of halogens is 1. The molecule has 0 unspecified atom stereocenters. The van der Waals surface area contributed by atoms with Crippen LogP contribution in [0.15, 0.2) is 41.4 Å². The zero-order valence-electron chi connectivity index (χ0n) is 19.8. The summed E-state index contributed by atoms with van der Waals surface area (Å²) in [6.07, 6.45) is 5.29. The predicted molar refractivity (Wildman–Crippen MR) is 124 cm³/mol. The molecule has 34 heavy (non-hydrogen) atoms. The molecule has 4 aromatic rings. The van der Waals surface area contributed by atoms with Gasteiger partial charge in [-0.2, -0.15) is 10.1 Å². The number of Topliss-reactive ketones (excluding diaryl/α,β-unsaturated/α-hetero) is 1. The first-order chi connectivity index (χ1) is 16.1. The fourth-order valence-corrected chi connectivity index (χ4v) is 3.40. The highest BCUT2D eigenvalue weighted by Gasteiger charge is 2.22. The Morgan fingerprint density at radius 3 is 2.68 bits per heavy atom. The van der Waals surface area contributed by atoms with Gasteiger partial charge >= 0.3 is 0 Å². The van der Waals surface area contributed by atoms with Crippen molar-refractivity contribution in [1.82, 2.24) is 29.9 Å². The summed E-state index contributed by atoms with van der Waals surface area (Å²) in [6.45, 7) is 7.86. The molecule has 3 aromatic heterocycles. The highest BCUT2D eigenvalue weighted by molar-refractivity contribution is 5.93. The van der Waals surface area contributed by atoms with Crippen molar-refractivity contribution in [2.45, 2.75) is 46.0 Å². The van der Waals surface area contributed by atoms with Gasteiger partial charge < -0.3 is 9.84 Å². The number of carbonyl (C=O) groups excluding carboxylic acids is 1. The van der Waals surface area contributed by atoms with Gasteiger partial charge in [-0.05, 0) is 36.6 Å².